The summed E-state index contributed by atoms with van der Waals surface area (Å²) in [6.45, 7) is 8.96. The molecule has 38 heavy (non-hydrogen) atoms. The van der Waals surface area contributed by atoms with E-state index in [1.165, 1.54) is 21.9 Å². The summed E-state index contributed by atoms with van der Waals surface area (Å²) in [7, 11) is 0. The Hall–Kier alpha value is -4.44. The first-order chi connectivity index (χ1) is 18.5. The Labute approximate surface area is 221 Å². The molecule has 0 aliphatic rings. The average molecular weight is 496 g/mol. The number of pyridine rings is 1. The van der Waals surface area contributed by atoms with Gasteiger partial charge in [0.15, 0.2) is 11.5 Å². The highest BCUT2D eigenvalue weighted by Crippen LogP contribution is 2.40. The third-order valence-electron chi connectivity index (χ3n) is 7.71. The van der Waals surface area contributed by atoms with Gasteiger partial charge in [-0.25, -0.2) is 0 Å². The van der Waals surface area contributed by atoms with E-state index in [0.29, 0.717) is 11.8 Å². The van der Waals surface area contributed by atoms with Crippen LogP contribution in [0.3, 0.4) is 0 Å². The van der Waals surface area contributed by atoms with Gasteiger partial charge in [0.05, 0.1) is 0 Å². The highest BCUT2D eigenvalue weighted by molar-refractivity contribution is 6.10. The fourth-order valence-electron chi connectivity index (χ4n) is 5.44. The lowest BCUT2D eigenvalue weighted by Crippen LogP contribution is -1.91. The van der Waals surface area contributed by atoms with E-state index < -0.39 is 0 Å². The van der Waals surface area contributed by atoms with Gasteiger partial charge in [0.1, 0.15) is 11.2 Å². The molecule has 7 rings (SSSR count). The second kappa shape index (κ2) is 8.56. The van der Waals surface area contributed by atoms with Gasteiger partial charge in [0.2, 0.25) is 0 Å². The van der Waals surface area contributed by atoms with Crippen molar-refractivity contribution in [3.63, 3.8) is 0 Å². The van der Waals surface area contributed by atoms with Gasteiger partial charge in [-0.2, -0.15) is 0 Å². The Morgan fingerprint density at radius 3 is 2.18 bits per heavy atom. The highest BCUT2D eigenvalue weighted by Gasteiger charge is 2.17. The van der Waals surface area contributed by atoms with E-state index in [1.54, 1.807) is 0 Å². The largest absolute Gasteiger partial charge is 0.455 e. The number of rotatable bonds is 4. The molecule has 0 radical (unpaired) electrons. The van der Waals surface area contributed by atoms with Crippen LogP contribution in [0.4, 0.5) is 0 Å². The lowest BCUT2D eigenvalue weighted by molar-refractivity contribution is 0.669. The zero-order valence-corrected chi connectivity index (χ0v) is 22.1. The highest BCUT2D eigenvalue weighted by atomic mass is 16.3. The first kappa shape index (κ1) is 22.7. The third-order valence-corrected chi connectivity index (χ3v) is 7.71. The maximum atomic E-state index is 6.48. The topological polar surface area (TPSA) is 43.3 Å². The van der Waals surface area contributed by atoms with Crippen LogP contribution in [0.15, 0.2) is 95.5 Å². The Kier molecular flexibility index (Phi) is 5.12. The standard InChI is InChI=1S/C34H29N3O/c1-20(2)25-13-14-31-29(17-25)30-19-26(21(3)4)18-28(32(30)38-31)23-9-11-24(12-10-23)33-35-36-34-27-8-6-5-7-22(27)15-16-37(33)34/h5-21H,1-4H3. The molecule has 0 saturated carbocycles. The number of nitrogens with zero attached hydrogens (tertiary/aromatic N) is 3. The predicted molar refractivity (Wildman–Crippen MR) is 157 cm³/mol. The van der Waals surface area contributed by atoms with Crippen LogP contribution in [0.2, 0.25) is 0 Å². The third kappa shape index (κ3) is 3.52. The Balaban J connectivity index is 1.37. The van der Waals surface area contributed by atoms with Crippen LogP contribution in [0.5, 0.6) is 0 Å². The molecule has 0 bridgehead atoms. The van der Waals surface area contributed by atoms with E-state index in [9.17, 15) is 0 Å². The van der Waals surface area contributed by atoms with E-state index in [2.05, 4.69) is 121 Å². The lowest BCUT2D eigenvalue weighted by Gasteiger charge is -2.11. The summed E-state index contributed by atoms with van der Waals surface area (Å²) in [5, 5.41) is 13.7. The maximum Gasteiger partial charge on any atom is 0.168 e. The molecule has 4 nitrogen and oxygen atoms in total. The van der Waals surface area contributed by atoms with Crippen LogP contribution in [0.25, 0.3) is 60.9 Å². The van der Waals surface area contributed by atoms with Gasteiger partial charge >= 0.3 is 0 Å². The molecule has 0 amide bonds. The van der Waals surface area contributed by atoms with E-state index in [4.69, 9.17) is 4.42 Å². The molecule has 4 aromatic carbocycles. The van der Waals surface area contributed by atoms with Gasteiger partial charge in [-0.1, -0.05) is 82.3 Å². The zero-order chi connectivity index (χ0) is 26.0. The lowest BCUT2D eigenvalue weighted by atomic mass is 9.93. The van der Waals surface area contributed by atoms with Crippen molar-refractivity contribution < 1.29 is 4.42 Å². The number of hydrogen-bond donors (Lipinski definition) is 0. The summed E-state index contributed by atoms with van der Waals surface area (Å²) in [6, 6.07) is 30.2. The van der Waals surface area contributed by atoms with Crippen molar-refractivity contribution in [3.05, 3.63) is 102 Å². The van der Waals surface area contributed by atoms with Gasteiger partial charge in [0, 0.05) is 33.5 Å². The van der Waals surface area contributed by atoms with Crippen LogP contribution in [0.1, 0.15) is 50.7 Å². The molecule has 0 N–H and O–H groups in total. The first-order valence-electron chi connectivity index (χ1n) is 13.3. The Bertz CT molecular complexity index is 1970. The van der Waals surface area contributed by atoms with Crippen molar-refractivity contribution in [2.45, 2.75) is 39.5 Å². The summed E-state index contributed by atoms with van der Waals surface area (Å²) in [5.74, 6) is 1.71. The van der Waals surface area contributed by atoms with E-state index >= 15 is 0 Å². The summed E-state index contributed by atoms with van der Waals surface area (Å²) >= 11 is 0. The van der Waals surface area contributed by atoms with Crippen molar-refractivity contribution in [3.8, 4) is 22.5 Å². The van der Waals surface area contributed by atoms with Gasteiger partial charge in [-0.05, 0) is 64.2 Å². The molecule has 0 atom stereocenters. The normalized spacial score (nSPS) is 12.2. The van der Waals surface area contributed by atoms with Crippen LogP contribution >= 0.6 is 0 Å². The molecular weight excluding hydrogens is 466 g/mol. The summed E-state index contributed by atoms with van der Waals surface area (Å²) < 4.78 is 8.55. The summed E-state index contributed by atoms with van der Waals surface area (Å²) in [5.41, 5.74) is 8.66. The van der Waals surface area contributed by atoms with Gasteiger partial charge in [-0.3, -0.25) is 4.40 Å². The summed E-state index contributed by atoms with van der Waals surface area (Å²) in [4.78, 5) is 0. The van der Waals surface area contributed by atoms with Crippen LogP contribution < -0.4 is 0 Å². The monoisotopic (exact) mass is 495 g/mol. The van der Waals surface area contributed by atoms with Gasteiger partial charge in [-0.15, -0.1) is 10.2 Å². The van der Waals surface area contributed by atoms with Crippen molar-refractivity contribution in [2.24, 2.45) is 0 Å². The zero-order valence-electron chi connectivity index (χ0n) is 22.1. The Morgan fingerprint density at radius 2 is 1.39 bits per heavy atom. The molecule has 0 fully saturated rings. The fourth-order valence-corrected chi connectivity index (χ4v) is 5.44. The molecule has 0 aliphatic heterocycles. The molecule has 0 spiro atoms. The average Bonchev–Trinajstić information content (AvgIpc) is 3.54. The summed E-state index contributed by atoms with van der Waals surface area (Å²) in [6.07, 6.45) is 2.05. The van der Waals surface area contributed by atoms with E-state index in [-0.39, 0.29) is 0 Å². The second-order valence-electron chi connectivity index (χ2n) is 10.8. The maximum absolute atomic E-state index is 6.48. The number of furan rings is 1. The van der Waals surface area contributed by atoms with E-state index in [1.807, 2.05) is 12.1 Å². The quantitative estimate of drug-likeness (QED) is 0.244. The van der Waals surface area contributed by atoms with Gasteiger partial charge < -0.3 is 4.42 Å². The van der Waals surface area contributed by atoms with Gasteiger partial charge in [0.25, 0.3) is 0 Å². The molecule has 4 heteroatoms. The van der Waals surface area contributed by atoms with Crippen molar-refractivity contribution >= 4 is 38.4 Å². The number of benzene rings is 4. The molecule has 0 unspecified atom stereocenters. The molecule has 0 saturated heterocycles. The molecule has 3 aromatic heterocycles. The number of hydrogen-bond acceptors (Lipinski definition) is 3. The van der Waals surface area contributed by atoms with Crippen LogP contribution in [0, 0.1) is 0 Å². The molecule has 0 aliphatic carbocycles. The molecule has 3 heterocycles. The fraction of sp³-hybridized carbons (Fsp3) is 0.176. The molecule has 7 aromatic rings. The second-order valence-corrected chi connectivity index (χ2v) is 10.8. The number of fused-ring (bicyclic) bond motifs is 6. The molecule has 186 valence electrons. The minimum atomic E-state index is 0.410. The minimum Gasteiger partial charge on any atom is -0.455 e. The SMILES string of the molecule is CC(C)c1ccc2oc3c(-c4ccc(-c5nnc6c7ccccc7ccn56)cc4)cc(C(C)C)cc3c2c1. The molecular formula is C34H29N3O. The van der Waals surface area contributed by atoms with Crippen LogP contribution in [-0.2, 0) is 0 Å². The van der Waals surface area contributed by atoms with Crippen LogP contribution in [-0.4, -0.2) is 14.6 Å². The van der Waals surface area contributed by atoms with Crippen molar-refractivity contribution in [1.82, 2.24) is 14.6 Å². The minimum absolute atomic E-state index is 0.410. The van der Waals surface area contributed by atoms with E-state index in [0.717, 1.165) is 50.1 Å². The number of aromatic nitrogens is 3. The predicted octanol–water partition coefficient (Wildman–Crippen LogP) is 9.36. The smallest absolute Gasteiger partial charge is 0.168 e. The first-order valence-corrected chi connectivity index (χ1v) is 13.3. The van der Waals surface area contributed by atoms with Crippen molar-refractivity contribution in [1.29, 1.82) is 0 Å². The van der Waals surface area contributed by atoms with Crippen molar-refractivity contribution in [2.75, 3.05) is 0 Å². The Morgan fingerprint density at radius 1 is 0.658 bits per heavy atom.